The van der Waals surface area contributed by atoms with Crippen molar-refractivity contribution in [2.24, 2.45) is 0 Å². The van der Waals surface area contributed by atoms with E-state index in [9.17, 15) is 8.42 Å². The highest BCUT2D eigenvalue weighted by Crippen LogP contribution is 2.38. The highest BCUT2D eigenvalue weighted by Gasteiger charge is 2.38. The maximum absolute atomic E-state index is 13.4. The maximum atomic E-state index is 13.4. The Bertz CT molecular complexity index is 1150. The topological polar surface area (TPSA) is 84.4 Å². The minimum atomic E-state index is -3.72. The summed E-state index contributed by atoms with van der Waals surface area (Å²) >= 11 is 0. The number of pyridine rings is 2. The SMILES string of the molecule is COc1ccccc1S(=O)(=O)N1CCCC1c1cccc(Nc2cccc(C)n2)n1. The van der Waals surface area contributed by atoms with Crippen LogP contribution in [0.1, 0.15) is 30.3 Å². The molecule has 1 aliphatic rings. The van der Waals surface area contributed by atoms with E-state index in [1.54, 1.807) is 24.3 Å². The number of para-hydroxylation sites is 1. The van der Waals surface area contributed by atoms with E-state index >= 15 is 0 Å². The van der Waals surface area contributed by atoms with Crippen molar-refractivity contribution in [3.63, 3.8) is 0 Å². The van der Waals surface area contributed by atoms with Crippen LogP contribution < -0.4 is 10.1 Å². The first-order valence-corrected chi connectivity index (χ1v) is 11.3. The number of sulfonamides is 1. The second kappa shape index (κ2) is 8.41. The highest BCUT2D eigenvalue weighted by atomic mass is 32.2. The number of hydrogen-bond acceptors (Lipinski definition) is 6. The first-order chi connectivity index (χ1) is 14.5. The van der Waals surface area contributed by atoms with Gasteiger partial charge < -0.3 is 10.1 Å². The van der Waals surface area contributed by atoms with Crippen molar-refractivity contribution >= 4 is 21.7 Å². The molecule has 0 aliphatic carbocycles. The molecule has 0 amide bonds. The zero-order valence-electron chi connectivity index (χ0n) is 16.9. The second-order valence-corrected chi connectivity index (χ2v) is 9.02. The van der Waals surface area contributed by atoms with Crippen LogP contribution in [0.3, 0.4) is 0 Å². The Hall–Kier alpha value is -2.97. The van der Waals surface area contributed by atoms with Crippen molar-refractivity contribution in [3.8, 4) is 5.75 Å². The van der Waals surface area contributed by atoms with Gasteiger partial charge in [-0.3, -0.25) is 0 Å². The van der Waals surface area contributed by atoms with Gasteiger partial charge in [-0.05, 0) is 56.2 Å². The van der Waals surface area contributed by atoms with Crippen molar-refractivity contribution < 1.29 is 13.2 Å². The number of rotatable bonds is 6. The number of ether oxygens (including phenoxy) is 1. The fourth-order valence-corrected chi connectivity index (χ4v) is 5.56. The molecule has 1 fully saturated rings. The van der Waals surface area contributed by atoms with E-state index in [2.05, 4.69) is 10.3 Å². The van der Waals surface area contributed by atoms with Crippen LogP contribution in [0, 0.1) is 6.92 Å². The summed E-state index contributed by atoms with van der Waals surface area (Å²) in [6.07, 6.45) is 1.49. The molecular formula is C22H24N4O3S. The first-order valence-electron chi connectivity index (χ1n) is 9.81. The minimum Gasteiger partial charge on any atom is -0.495 e. The molecule has 30 heavy (non-hydrogen) atoms. The summed E-state index contributed by atoms with van der Waals surface area (Å²) in [6.45, 7) is 2.37. The van der Waals surface area contributed by atoms with Crippen LogP contribution in [0.2, 0.25) is 0 Å². The number of benzene rings is 1. The Balaban J connectivity index is 1.64. The van der Waals surface area contributed by atoms with Gasteiger partial charge in [-0.25, -0.2) is 18.4 Å². The molecule has 8 heteroatoms. The zero-order chi connectivity index (χ0) is 21.1. The Labute approximate surface area is 176 Å². The quantitative estimate of drug-likeness (QED) is 0.642. The summed E-state index contributed by atoms with van der Waals surface area (Å²) in [5.41, 5.74) is 1.62. The number of nitrogens with zero attached hydrogens (tertiary/aromatic N) is 3. The lowest BCUT2D eigenvalue weighted by molar-refractivity contribution is 0.377. The minimum absolute atomic E-state index is 0.178. The van der Waals surface area contributed by atoms with Crippen LogP contribution >= 0.6 is 0 Å². The van der Waals surface area contributed by atoms with Crippen molar-refractivity contribution in [2.75, 3.05) is 19.0 Å². The summed E-state index contributed by atoms with van der Waals surface area (Å²) in [5.74, 6) is 1.67. The molecule has 1 aromatic carbocycles. The van der Waals surface area contributed by atoms with Crippen molar-refractivity contribution in [1.29, 1.82) is 0 Å². The molecule has 0 radical (unpaired) electrons. The Morgan fingerprint density at radius 3 is 2.50 bits per heavy atom. The standard InChI is InChI=1S/C22H24N4O3S/c1-16-8-5-13-21(23-16)25-22-14-6-9-17(24-22)18-10-7-15-26(18)30(27,28)20-12-4-3-11-19(20)29-2/h3-6,8-9,11-14,18H,7,10,15H2,1-2H3,(H,23,24,25). The molecule has 4 rings (SSSR count). The molecule has 0 spiro atoms. The number of hydrogen-bond donors (Lipinski definition) is 1. The van der Waals surface area contributed by atoms with Gasteiger partial charge in [-0.2, -0.15) is 4.31 Å². The van der Waals surface area contributed by atoms with Gasteiger partial charge in [0.1, 0.15) is 22.3 Å². The summed E-state index contributed by atoms with van der Waals surface area (Å²) < 4.78 is 33.6. The van der Waals surface area contributed by atoms with E-state index in [-0.39, 0.29) is 10.9 Å². The third-order valence-electron chi connectivity index (χ3n) is 5.12. The number of aromatic nitrogens is 2. The van der Waals surface area contributed by atoms with Crippen LogP contribution in [0.15, 0.2) is 65.6 Å². The normalized spacial score (nSPS) is 17.1. The largest absolute Gasteiger partial charge is 0.495 e. The van der Waals surface area contributed by atoms with Crippen molar-refractivity contribution in [1.82, 2.24) is 14.3 Å². The van der Waals surface area contributed by atoms with E-state index < -0.39 is 10.0 Å². The lowest BCUT2D eigenvalue weighted by Crippen LogP contribution is -2.31. The summed E-state index contributed by atoms with van der Waals surface area (Å²) in [7, 11) is -2.24. The molecule has 1 N–H and O–H groups in total. The molecule has 1 unspecified atom stereocenters. The van der Waals surface area contributed by atoms with E-state index in [1.807, 2.05) is 43.3 Å². The number of aryl methyl sites for hydroxylation is 1. The van der Waals surface area contributed by atoms with Gasteiger partial charge in [0.2, 0.25) is 10.0 Å². The van der Waals surface area contributed by atoms with Gasteiger partial charge >= 0.3 is 0 Å². The predicted molar refractivity (Wildman–Crippen MR) is 115 cm³/mol. The maximum Gasteiger partial charge on any atom is 0.247 e. The molecule has 3 heterocycles. The van der Waals surface area contributed by atoms with Gasteiger partial charge in [0.05, 0.1) is 18.8 Å². The van der Waals surface area contributed by atoms with Crippen molar-refractivity contribution in [2.45, 2.75) is 30.7 Å². The third-order valence-corrected chi connectivity index (χ3v) is 7.06. The monoisotopic (exact) mass is 424 g/mol. The number of nitrogens with one attached hydrogen (secondary N) is 1. The molecule has 1 atom stereocenters. The van der Waals surface area contributed by atoms with Gasteiger partial charge in [-0.15, -0.1) is 0 Å². The molecule has 1 saturated heterocycles. The number of methoxy groups -OCH3 is 1. The zero-order valence-corrected chi connectivity index (χ0v) is 17.8. The molecular weight excluding hydrogens is 400 g/mol. The first kappa shape index (κ1) is 20.3. The Kier molecular flexibility index (Phi) is 5.69. The summed E-state index contributed by atoms with van der Waals surface area (Å²) in [6, 6.07) is 17.7. The average molecular weight is 425 g/mol. The lowest BCUT2D eigenvalue weighted by atomic mass is 10.1. The van der Waals surface area contributed by atoms with Gasteiger partial charge in [0, 0.05) is 12.2 Å². The van der Waals surface area contributed by atoms with Gasteiger partial charge in [0.25, 0.3) is 0 Å². The van der Waals surface area contributed by atoms with E-state index in [1.165, 1.54) is 11.4 Å². The second-order valence-electron chi connectivity index (χ2n) is 7.16. The van der Waals surface area contributed by atoms with Crippen LogP contribution in [-0.2, 0) is 10.0 Å². The molecule has 3 aromatic rings. The lowest BCUT2D eigenvalue weighted by Gasteiger charge is -2.25. The molecule has 7 nitrogen and oxygen atoms in total. The van der Waals surface area contributed by atoms with Crippen molar-refractivity contribution in [3.05, 3.63) is 72.1 Å². The van der Waals surface area contributed by atoms with Crippen LogP contribution in [-0.4, -0.2) is 36.3 Å². The molecule has 0 saturated carbocycles. The average Bonchev–Trinajstić information content (AvgIpc) is 3.25. The molecule has 1 aliphatic heterocycles. The van der Waals surface area contributed by atoms with E-state index in [4.69, 9.17) is 9.72 Å². The Morgan fingerprint density at radius 2 is 1.73 bits per heavy atom. The van der Waals surface area contributed by atoms with E-state index in [0.717, 1.165) is 12.1 Å². The third kappa shape index (κ3) is 4.01. The fourth-order valence-electron chi connectivity index (χ4n) is 3.73. The van der Waals surface area contributed by atoms with Crippen LogP contribution in [0.5, 0.6) is 5.75 Å². The van der Waals surface area contributed by atoms with Gasteiger partial charge in [-0.1, -0.05) is 24.3 Å². The molecule has 2 aromatic heterocycles. The van der Waals surface area contributed by atoms with Crippen LogP contribution in [0.25, 0.3) is 0 Å². The molecule has 156 valence electrons. The predicted octanol–water partition coefficient (Wildman–Crippen LogP) is 4.06. The fraction of sp³-hybridized carbons (Fsp3) is 0.273. The highest BCUT2D eigenvalue weighted by molar-refractivity contribution is 7.89. The van der Waals surface area contributed by atoms with Gasteiger partial charge in [0.15, 0.2) is 0 Å². The molecule has 0 bridgehead atoms. The van der Waals surface area contributed by atoms with Crippen LogP contribution in [0.4, 0.5) is 11.6 Å². The number of anilines is 2. The smallest absolute Gasteiger partial charge is 0.247 e. The summed E-state index contributed by atoms with van der Waals surface area (Å²) in [4.78, 5) is 9.31. The van der Waals surface area contributed by atoms with E-state index in [0.29, 0.717) is 36.0 Å². The Morgan fingerprint density at radius 1 is 1.00 bits per heavy atom. The summed E-state index contributed by atoms with van der Waals surface area (Å²) in [5, 5.41) is 3.20.